The number of amides is 4. The predicted octanol–water partition coefficient (Wildman–Crippen LogP) is 3.48. The molecule has 5 rings (SSSR count). The Kier molecular flexibility index (Phi) is 7.34. The first kappa shape index (κ1) is 28.3. The molecule has 13 heteroatoms. The van der Waals surface area contributed by atoms with Gasteiger partial charge in [0.2, 0.25) is 11.3 Å². The minimum atomic E-state index is -1.92. The molecule has 0 bridgehead atoms. The van der Waals surface area contributed by atoms with E-state index in [0.29, 0.717) is 17.9 Å². The number of ether oxygens (including phenoxy) is 3. The van der Waals surface area contributed by atoms with E-state index >= 15 is 0 Å². The lowest BCUT2D eigenvalue weighted by Gasteiger charge is -2.30. The van der Waals surface area contributed by atoms with Crippen molar-refractivity contribution >= 4 is 43.0 Å². The number of carbonyl (C=O) groups is 4. The quantitative estimate of drug-likeness (QED) is 0.165. The van der Waals surface area contributed by atoms with Crippen molar-refractivity contribution < 1.29 is 37.8 Å². The van der Waals surface area contributed by atoms with Gasteiger partial charge in [0.25, 0.3) is 11.8 Å². The van der Waals surface area contributed by atoms with Crippen LogP contribution >= 0.6 is 0 Å². The van der Waals surface area contributed by atoms with Gasteiger partial charge in [0.05, 0.1) is 13.7 Å². The molecule has 1 fully saturated rings. The van der Waals surface area contributed by atoms with Gasteiger partial charge in [-0.15, -0.1) is 0 Å². The molecule has 0 saturated carbocycles. The second-order valence-corrected chi connectivity index (χ2v) is 16.9. The Bertz CT molecular complexity index is 1550. The fourth-order valence-electron chi connectivity index (χ4n) is 4.92. The van der Waals surface area contributed by atoms with Crippen molar-refractivity contribution in [2.24, 2.45) is 0 Å². The standard InChI is InChI=1S/C28H32N4O8Si/c1-17(33)39-23-22-21(7-6-10-29-22)40-24(23)28(15-31-14-18-8-9-19(37-2)13-20(18)25(31)34)26(35)32(27(36)30-28)16-38-11-12-41(3,4)5/h6-10,13H,11-12,14-16H2,1-5H3,(H,30,36)/t28-/m0/s1. The van der Waals surface area contributed by atoms with Crippen LogP contribution in [0.15, 0.2) is 40.9 Å². The lowest BCUT2D eigenvalue weighted by atomic mass is 9.94. The molecule has 216 valence electrons. The van der Waals surface area contributed by atoms with Crippen LogP contribution in [0.5, 0.6) is 11.5 Å². The fraction of sp³-hybridized carbons (Fsp3) is 0.393. The number of esters is 1. The van der Waals surface area contributed by atoms with Crippen molar-refractivity contribution in [2.75, 3.05) is 27.0 Å². The number of aromatic nitrogens is 1. The maximum atomic E-state index is 14.2. The summed E-state index contributed by atoms with van der Waals surface area (Å²) in [6, 6.07) is 8.51. The molecule has 0 radical (unpaired) electrons. The number of rotatable bonds is 10. The third-order valence-electron chi connectivity index (χ3n) is 7.05. The molecule has 1 atom stereocenters. The highest BCUT2D eigenvalue weighted by Crippen LogP contribution is 2.43. The largest absolute Gasteiger partial charge is 0.497 e. The van der Waals surface area contributed by atoms with Crippen LogP contribution in [0.4, 0.5) is 4.79 Å². The number of fused-ring (bicyclic) bond motifs is 2. The second kappa shape index (κ2) is 10.6. The van der Waals surface area contributed by atoms with Crippen LogP contribution in [0.2, 0.25) is 25.7 Å². The van der Waals surface area contributed by atoms with Crippen molar-refractivity contribution in [3.8, 4) is 11.5 Å². The first-order valence-electron chi connectivity index (χ1n) is 13.2. The van der Waals surface area contributed by atoms with Crippen LogP contribution in [0.3, 0.4) is 0 Å². The van der Waals surface area contributed by atoms with Gasteiger partial charge in [-0.25, -0.2) is 14.7 Å². The highest BCUT2D eigenvalue weighted by Gasteiger charge is 2.58. The van der Waals surface area contributed by atoms with E-state index in [1.165, 1.54) is 25.1 Å². The van der Waals surface area contributed by atoms with Crippen molar-refractivity contribution in [2.45, 2.75) is 44.7 Å². The molecule has 0 aliphatic carbocycles. The normalized spacial score (nSPS) is 18.7. The molecule has 0 unspecified atom stereocenters. The van der Waals surface area contributed by atoms with E-state index in [1.54, 1.807) is 30.3 Å². The predicted molar refractivity (Wildman–Crippen MR) is 149 cm³/mol. The Morgan fingerprint density at radius 1 is 1.20 bits per heavy atom. The summed E-state index contributed by atoms with van der Waals surface area (Å²) in [5.41, 5.74) is -0.322. The molecule has 1 saturated heterocycles. The van der Waals surface area contributed by atoms with Gasteiger partial charge in [-0.2, -0.15) is 0 Å². The van der Waals surface area contributed by atoms with Gasteiger partial charge >= 0.3 is 12.0 Å². The number of carbonyl (C=O) groups excluding carboxylic acids is 4. The summed E-state index contributed by atoms with van der Waals surface area (Å²) in [5, 5.41) is 2.75. The van der Waals surface area contributed by atoms with Crippen LogP contribution in [0, 0.1) is 0 Å². The maximum absolute atomic E-state index is 14.2. The molecule has 4 heterocycles. The summed E-state index contributed by atoms with van der Waals surface area (Å²) in [6.07, 6.45) is 1.49. The zero-order chi connectivity index (χ0) is 29.5. The minimum Gasteiger partial charge on any atom is -0.497 e. The Balaban J connectivity index is 1.55. The van der Waals surface area contributed by atoms with Crippen LogP contribution in [0.1, 0.15) is 28.6 Å². The number of pyridine rings is 1. The lowest BCUT2D eigenvalue weighted by molar-refractivity contribution is -0.137. The van der Waals surface area contributed by atoms with Gasteiger partial charge in [0.1, 0.15) is 12.5 Å². The molecular weight excluding hydrogens is 548 g/mol. The van der Waals surface area contributed by atoms with Gasteiger partial charge < -0.3 is 28.8 Å². The fourth-order valence-corrected chi connectivity index (χ4v) is 5.68. The number of imide groups is 1. The van der Waals surface area contributed by atoms with Crippen LogP contribution in [0.25, 0.3) is 11.1 Å². The number of nitrogens with zero attached hydrogens (tertiary/aromatic N) is 3. The highest BCUT2D eigenvalue weighted by molar-refractivity contribution is 6.76. The second-order valence-electron chi connectivity index (χ2n) is 11.3. The summed E-state index contributed by atoms with van der Waals surface area (Å²) in [4.78, 5) is 59.8. The maximum Gasteiger partial charge on any atom is 0.327 e. The van der Waals surface area contributed by atoms with Gasteiger partial charge in [-0.3, -0.25) is 14.4 Å². The highest BCUT2D eigenvalue weighted by atomic mass is 28.3. The van der Waals surface area contributed by atoms with E-state index < -0.39 is 31.5 Å². The Hall–Kier alpha value is -4.23. The van der Waals surface area contributed by atoms with E-state index in [1.807, 2.05) is 0 Å². The molecule has 1 aromatic carbocycles. The molecule has 4 amide bonds. The molecule has 0 spiro atoms. The Labute approximate surface area is 237 Å². The van der Waals surface area contributed by atoms with Gasteiger partial charge in [-0.1, -0.05) is 25.7 Å². The summed E-state index contributed by atoms with van der Waals surface area (Å²) in [5.74, 6) is -1.45. The van der Waals surface area contributed by atoms with E-state index in [2.05, 4.69) is 29.9 Å². The average molecular weight is 581 g/mol. The molecule has 1 N–H and O–H groups in total. The van der Waals surface area contributed by atoms with Crippen molar-refractivity contribution in [3.05, 3.63) is 53.4 Å². The number of urea groups is 1. The first-order valence-corrected chi connectivity index (χ1v) is 16.9. The molecule has 41 heavy (non-hydrogen) atoms. The number of hydrogen-bond acceptors (Lipinski definition) is 9. The van der Waals surface area contributed by atoms with Crippen LogP contribution in [-0.2, 0) is 26.4 Å². The molecule has 12 nitrogen and oxygen atoms in total. The van der Waals surface area contributed by atoms with Crippen LogP contribution < -0.4 is 14.8 Å². The molecule has 2 aliphatic rings. The number of methoxy groups -OCH3 is 1. The molecule has 3 aromatic rings. The van der Waals surface area contributed by atoms with Crippen LogP contribution in [-0.4, -0.2) is 73.7 Å². The van der Waals surface area contributed by atoms with E-state index in [4.69, 9.17) is 18.6 Å². The molecular formula is C28H32N4O8Si. The van der Waals surface area contributed by atoms with E-state index in [9.17, 15) is 19.2 Å². The third kappa shape index (κ3) is 5.29. The van der Waals surface area contributed by atoms with Gasteiger partial charge in [0.15, 0.2) is 16.9 Å². The summed E-state index contributed by atoms with van der Waals surface area (Å²) in [7, 11) is 0.0930. The van der Waals surface area contributed by atoms with E-state index in [0.717, 1.165) is 16.5 Å². The number of furan rings is 1. The monoisotopic (exact) mass is 580 g/mol. The van der Waals surface area contributed by atoms with Gasteiger partial charge in [0, 0.05) is 39.9 Å². The average Bonchev–Trinajstić information content (AvgIpc) is 3.51. The smallest absolute Gasteiger partial charge is 0.327 e. The van der Waals surface area contributed by atoms with Gasteiger partial charge in [-0.05, 0) is 35.9 Å². The summed E-state index contributed by atoms with van der Waals surface area (Å²) >= 11 is 0. The van der Waals surface area contributed by atoms with Crippen molar-refractivity contribution in [1.82, 2.24) is 20.1 Å². The lowest BCUT2D eigenvalue weighted by Crippen LogP contribution is -2.53. The summed E-state index contributed by atoms with van der Waals surface area (Å²) in [6.45, 7) is 7.77. The minimum absolute atomic E-state index is 0.103. The first-order chi connectivity index (χ1) is 19.4. The van der Waals surface area contributed by atoms with Crippen molar-refractivity contribution in [1.29, 1.82) is 0 Å². The number of nitrogens with one attached hydrogen (secondary N) is 1. The topological polar surface area (TPSA) is 141 Å². The molecule has 2 aliphatic heterocycles. The third-order valence-corrected chi connectivity index (χ3v) is 8.76. The summed E-state index contributed by atoms with van der Waals surface area (Å²) < 4.78 is 22.6. The number of benzene rings is 1. The van der Waals surface area contributed by atoms with E-state index in [-0.39, 0.29) is 48.3 Å². The Morgan fingerprint density at radius 2 is 1.98 bits per heavy atom. The molecule has 2 aromatic heterocycles. The number of hydrogen-bond donors (Lipinski definition) is 1. The SMILES string of the molecule is COc1ccc2c(c1)C(=O)N(C[C@@]1(c3oc4cccnc4c3OC(C)=O)NC(=O)N(COCC[Si](C)(C)C)C1=O)C2. The van der Waals surface area contributed by atoms with Crippen molar-refractivity contribution in [3.63, 3.8) is 0 Å². The zero-order valence-corrected chi connectivity index (χ0v) is 24.6. The Morgan fingerprint density at radius 3 is 2.68 bits per heavy atom. The zero-order valence-electron chi connectivity index (χ0n) is 23.6.